The molecule has 2 unspecified atom stereocenters. The van der Waals surface area contributed by atoms with Crippen LogP contribution in [0, 0.1) is 29.1 Å². The molecule has 1 saturated heterocycles. The highest BCUT2D eigenvalue weighted by Gasteiger charge is 2.52. The van der Waals surface area contributed by atoms with Gasteiger partial charge < -0.3 is 4.90 Å². The van der Waals surface area contributed by atoms with E-state index in [2.05, 4.69) is 0 Å². The summed E-state index contributed by atoms with van der Waals surface area (Å²) in [4.78, 5) is 38.8. The van der Waals surface area contributed by atoms with Crippen molar-refractivity contribution >= 4 is 17.7 Å². The summed E-state index contributed by atoms with van der Waals surface area (Å²) in [6, 6.07) is 1.96. The van der Waals surface area contributed by atoms with Crippen LogP contribution < -0.4 is 0 Å². The van der Waals surface area contributed by atoms with Gasteiger partial charge in [0.15, 0.2) is 0 Å². The maximum absolute atomic E-state index is 12.2. The minimum absolute atomic E-state index is 0.193. The number of likely N-dealkylation sites (tertiary alicyclic amines) is 1. The number of hydrogen-bond donors (Lipinski definition) is 0. The number of amides is 3. The van der Waals surface area contributed by atoms with Crippen molar-refractivity contribution in [2.24, 2.45) is 17.8 Å². The number of imide groups is 1. The quantitative estimate of drug-likeness (QED) is 0.696. The zero-order valence-corrected chi connectivity index (χ0v) is 11.8. The summed E-state index contributed by atoms with van der Waals surface area (Å²) in [5.74, 6) is -0.758. The Morgan fingerprint density at radius 2 is 1.90 bits per heavy atom. The third-order valence-corrected chi connectivity index (χ3v) is 4.24. The van der Waals surface area contributed by atoms with Crippen LogP contribution in [0.15, 0.2) is 0 Å². The summed E-state index contributed by atoms with van der Waals surface area (Å²) in [6.07, 6.45) is 1.72. The van der Waals surface area contributed by atoms with E-state index in [0.29, 0.717) is 12.5 Å². The molecule has 2 rings (SSSR count). The smallest absolute Gasteiger partial charge is 0.242 e. The third-order valence-electron chi connectivity index (χ3n) is 4.24. The summed E-state index contributed by atoms with van der Waals surface area (Å²) < 4.78 is 0. The largest absolute Gasteiger partial charge is 0.343 e. The van der Waals surface area contributed by atoms with Crippen LogP contribution >= 0.6 is 0 Å². The molecule has 1 aliphatic heterocycles. The summed E-state index contributed by atoms with van der Waals surface area (Å²) in [5.41, 5.74) is 0. The van der Waals surface area contributed by atoms with Gasteiger partial charge in [0.2, 0.25) is 17.7 Å². The highest BCUT2D eigenvalue weighted by molar-refractivity contribution is 6.07. The monoisotopic (exact) mass is 277 g/mol. The van der Waals surface area contributed by atoms with Crippen molar-refractivity contribution in [3.8, 4) is 6.07 Å². The molecule has 20 heavy (non-hydrogen) atoms. The molecule has 0 N–H and O–H groups in total. The molecule has 0 aromatic rings. The number of hydrogen-bond acceptors (Lipinski definition) is 4. The molecule has 6 heteroatoms. The van der Waals surface area contributed by atoms with E-state index in [1.165, 1.54) is 4.90 Å². The van der Waals surface area contributed by atoms with Gasteiger partial charge in [0, 0.05) is 13.6 Å². The van der Waals surface area contributed by atoms with E-state index in [-0.39, 0.29) is 42.5 Å². The highest BCUT2D eigenvalue weighted by Crippen LogP contribution is 2.42. The van der Waals surface area contributed by atoms with E-state index in [9.17, 15) is 14.4 Å². The second kappa shape index (κ2) is 5.61. The summed E-state index contributed by atoms with van der Waals surface area (Å²) >= 11 is 0. The van der Waals surface area contributed by atoms with Gasteiger partial charge in [-0.2, -0.15) is 5.26 Å². The minimum atomic E-state index is -0.296. The maximum Gasteiger partial charge on any atom is 0.242 e. The Labute approximate surface area is 118 Å². The molecule has 1 saturated carbocycles. The number of likely N-dealkylation sites (N-methyl/N-ethyl adjacent to an activating group) is 1. The lowest BCUT2D eigenvalue weighted by atomic mass is 10.00. The normalized spacial score (nSPS) is 28.4. The molecule has 6 nitrogen and oxygen atoms in total. The van der Waals surface area contributed by atoms with Crippen LogP contribution in [0.2, 0.25) is 0 Å². The Morgan fingerprint density at radius 3 is 2.40 bits per heavy atom. The highest BCUT2D eigenvalue weighted by atomic mass is 16.2. The van der Waals surface area contributed by atoms with Gasteiger partial charge in [0.25, 0.3) is 0 Å². The predicted octanol–water partition coefficient (Wildman–Crippen LogP) is 0.390. The Bertz CT molecular complexity index is 459. The van der Waals surface area contributed by atoms with E-state index in [1.54, 1.807) is 7.05 Å². The first kappa shape index (κ1) is 14.5. The molecule has 0 spiro atoms. The van der Waals surface area contributed by atoms with Crippen molar-refractivity contribution in [1.82, 2.24) is 9.80 Å². The molecular formula is C14H19N3O3. The molecule has 2 atom stereocenters. The van der Waals surface area contributed by atoms with E-state index >= 15 is 0 Å². The number of fused-ring (bicyclic) bond motifs is 1. The molecule has 0 bridgehead atoms. The maximum atomic E-state index is 12.2. The molecular weight excluding hydrogens is 258 g/mol. The van der Waals surface area contributed by atoms with Crippen LogP contribution in [0.1, 0.15) is 26.2 Å². The molecule has 108 valence electrons. The summed E-state index contributed by atoms with van der Waals surface area (Å²) in [6.45, 7) is 2.17. The van der Waals surface area contributed by atoms with Gasteiger partial charge in [0.05, 0.1) is 24.3 Å². The van der Waals surface area contributed by atoms with Crippen LogP contribution in [0.25, 0.3) is 0 Å². The standard InChI is InChI=1S/C14H19N3O3/c1-9-6-10-11(7-9)14(20)17(13(10)19)8-12(18)16(2)5-3-4-15/h9-11H,3,5-8H2,1-2H3. The molecule has 0 aromatic carbocycles. The van der Waals surface area contributed by atoms with E-state index in [1.807, 2.05) is 13.0 Å². The van der Waals surface area contributed by atoms with Crippen molar-refractivity contribution in [1.29, 1.82) is 5.26 Å². The lowest BCUT2D eigenvalue weighted by Crippen LogP contribution is -2.42. The van der Waals surface area contributed by atoms with Crippen molar-refractivity contribution in [2.45, 2.75) is 26.2 Å². The molecule has 2 aliphatic rings. The lowest BCUT2D eigenvalue weighted by Gasteiger charge is -2.21. The fraction of sp³-hybridized carbons (Fsp3) is 0.714. The summed E-state index contributed by atoms with van der Waals surface area (Å²) in [5, 5.41) is 8.49. The first-order valence-corrected chi connectivity index (χ1v) is 6.91. The number of nitriles is 1. The Balaban J connectivity index is 1.98. The predicted molar refractivity (Wildman–Crippen MR) is 70.0 cm³/mol. The number of rotatable bonds is 4. The van der Waals surface area contributed by atoms with E-state index < -0.39 is 0 Å². The van der Waals surface area contributed by atoms with Crippen molar-refractivity contribution in [3.63, 3.8) is 0 Å². The van der Waals surface area contributed by atoms with E-state index in [4.69, 9.17) is 5.26 Å². The molecule has 0 radical (unpaired) electrons. The van der Waals surface area contributed by atoms with Crippen molar-refractivity contribution in [2.75, 3.05) is 20.1 Å². The zero-order chi connectivity index (χ0) is 14.9. The second-order valence-corrected chi connectivity index (χ2v) is 5.78. The average Bonchev–Trinajstić information content (AvgIpc) is 2.89. The first-order valence-electron chi connectivity index (χ1n) is 6.91. The van der Waals surface area contributed by atoms with Gasteiger partial charge in [-0.25, -0.2) is 0 Å². The average molecular weight is 277 g/mol. The van der Waals surface area contributed by atoms with Gasteiger partial charge in [-0.1, -0.05) is 6.92 Å². The van der Waals surface area contributed by atoms with Gasteiger partial charge in [-0.3, -0.25) is 19.3 Å². The van der Waals surface area contributed by atoms with Crippen LogP contribution in [0.4, 0.5) is 0 Å². The third kappa shape index (κ3) is 2.53. The van der Waals surface area contributed by atoms with Crippen LogP contribution in [-0.4, -0.2) is 47.7 Å². The lowest BCUT2D eigenvalue weighted by molar-refractivity contribution is -0.146. The van der Waals surface area contributed by atoms with Gasteiger partial charge in [-0.05, 0) is 18.8 Å². The number of carbonyl (C=O) groups excluding carboxylic acids is 3. The summed E-state index contributed by atoms with van der Waals surface area (Å²) in [7, 11) is 1.58. The Morgan fingerprint density at radius 1 is 1.35 bits per heavy atom. The van der Waals surface area contributed by atoms with Gasteiger partial charge in [0.1, 0.15) is 6.54 Å². The molecule has 3 amide bonds. The molecule has 1 heterocycles. The fourth-order valence-corrected chi connectivity index (χ4v) is 3.10. The Kier molecular flexibility index (Phi) is 4.07. The minimum Gasteiger partial charge on any atom is -0.343 e. The fourth-order valence-electron chi connectivity index (χ4n) is 3.10. The SMILES string of the molecule is CC1CC2C(=O)N(CC(=O)N(C)CCC#N)C(=O)C2C1. The van der Waals surface area contributed by atoms with Crippen LogP contribution in [0.5, 0.6) is 0 Å². The number of carbonyl (C=O) groups is 3. The topological polar surface area (TPSA) is 81.5 Å². The van der Waals surface area contributed by atoms with Crippen molar-refractivity contribution in [3.05, 3.63) is 0 Å². The number of nitrogens with zero attached hydrogens (tertiary/aromatic N) is 3. The van der Waals surface area contributed by atoms with Crippen LogP contribution in [-0.2, 0) is 14.4 Å². The van der Waals surface area contributed by atoms with E-state index in [0.717, 1.165) is 17.7 Å². The van der Waals surface area contributed by atoms with Crippen LogP contribution in [0.3, 0.4) is 0 Å². The molecule has 0 aromatic heterocycles. The molecule has 2 fully saturated rings. The van der Waals surface area contributed by atoms with Gasteiger partial charge >= 0.3 is 0 Å². The second-order valence-electron chi connectivity index (χ2n) is 5.78. The first-order chi connectivity index (χ1) is 9.45. The molecule has 1 aliphatic carbocycles. The Hall–Kier alpha value is -1.90. The van der Waals surface area contributed by atoms with Gasteiger partial charge in [-0.15, -0.1) is 0 Å². The zero-order valence-electron chi connectivity index (χ0n) is 11.8. The van der Waals surface area contributed by atoms with Crippen molar-refractivity contribution < 1.29 is 14.4 Å².